The molecule has 1 aliphatic heterocycles. The maximum atomic E-state index is 11.5. The number of phosphoric ester groups is 2. The number of hydrogen-bond donors (Lipinski definition) is 3. The van der Waals surface area contributed by atoms with E-state index in [1.807, 2.05) is 13.8 Å². The van der Waals surface area contributed by atoms with Gasteiger partial charge in [0.15, 0.2) is 17.6 Å². The number of phosphoric acid groups is 2. The summed E-state index contributed by atoms with van der Waals surface area (Å²) in [5.74, 6) is 1.04. The van der Waals surface area contributed by atoms with Gasteiger partial charge in [-0.3, -0.25) is 13.6 Å². The molecule has 0 bridgehead atoms. The Morgan fingerprint density at radius 2 is 2.00 bits per heavy atom. The average molecular weight is 414 g/mol. The van der Waals surface area contributed by atoms with Gasteiger partial charge in [0.05, 0.1) is 13.2 Å². The molecule has 1 saturated heterocycles. The maximum Gasteiger partial charge on any atom is 0.474 e. The van der Waals surface area contributed by atoms with Crippen molar-refractivity contribution in [3.05, 3.63) is 18.2 Å². The van der Waals surface area contributed by atoms with Crippen molar-refractivity contribution in [2.45, 2.75) is 32.3 Å². The molecule has 3 atom stereocenters. The van der Waals surface area contributed by atoms with Crippen molar-refractivity contribution >= 4 is 15.6 Å². The Bertz CT molecular complexity index is 714. The van der Waals surface area contributed by atoms with Crippen molar-refractivity contribution < 1.29 is 51.6 Å². The molecule has 1 aliphatic rings. The monoisotopic (exact) mass is 414 g/mol. The predicted octanol–water partition coefficient (Wildman–Crippen LogP) is 1.81. The van der Waals surface area contributed by atoms with Crippen molar-refractivity contribution in [2.75, 3.05) is 13.7 Å². The summed E-state index contributed by atoms with van der Waals surface area (Å²) in [6.45, 7) is 3.14. The minimum Gasteiger partial charge on any atom is -0.493 e. The summed E-state index contributed by atoms with van der Waals surface area (Å²) in [5, 5.41) is 0. The third-order valence-electron chi connectivity index (χ3n) is 2.97. The fraction of sp³-hybridized carbons (Fsp3) is 0.538. The van der Waals surface area contributed by atoms with Crippen LogP contribution in [0.1, 0.15) is 13.8 Å². The molecule has 1 aromatic rings. The first-order valence-electron chi connectivity index (χ1n) is 7.40. The molecule has 148 valence electrons. The molecule has 0 aliphatic carbocycles. The van der Waals surface area contributed by atoms with Gasteiger partial charge in [-0.15, -0.1) is 0 Å². The standard InChI is InChI=1S/C13H20O11P2/c1-8(2)21-11-6-9(4-5-10(11)19-3)22-12-7-20-26(17,18)24-13(12)23-25(14,15)16/h4-6,8,12-13H,7H2,1-3H3,(H,17,18)(H2,14,15,16). The van der Waals surface area contributed by atoms with E-state index in [1.54, 1.807) is 6.07 Å². The lowest BCUT2D eigenvalue weighted by molar-refractivity contribution is -0.139. The first-order valence-corrected chi connectivity index (χ1v) is 10.4. The van der Waals surface area contributed by atoms with Gasteiger partial charge in [-0.2, -0.15) is 0 Å². The molecule has 1 aromatic carbocycles. The van der Waals surface area contributed by atoms with E-state index in [2.05, 4.69) is 13.6 Å². The highest BCUT2D eigenvalue weighted by Crippen LogP contribution is 2.52. The van der Waals surface area contributed by atoms with Crippen LogP contribution in [0.4, 0.5) is 0 Å². The zero-order valence-electron chi connectivity index (χ0n) is 14.2. The molecule has 13 heteroatoms. The third kappa shape index (κ3) is 6.22. The minimum absolute atomic E-state index is 0.147. The van der Waals surface area contributed by atoms with Gasteiger partial charge in [-0.25, -0.2) is 9.13 Å². The first kappa shape index (κ1) is 21.1. The SMILES string of the molecule is COc1ccc(OC2COP(=O)(O)OC2OP(=O)(O)O)cc1OC(C)C. The summed E-state index contributed by atoms with van der Waals surface area (Å²) in [4.78, 5) is 27.2. The van der Waals surface area contributed by atoms with Crippen LogP contribution < -0.4 is 14.2 Å². The molecule has 3 N–H and O–H groups in total. The number of hydrogen-bond acceptors (Lipinski definition) is 8. The Labute approximate surface area is 149 Å². The van der Waals surface area contributed by atoms with Gasteiger partial charge in [0.25, 0.3) is 0 Å². The number of ether oxygens (including phenoxy) is 3. The van der Waals surface area contributed by atoms with Gasteiger partial charge >= 0.3 is 15.6 Å². The van der Waals surface area contributed by atoms with Gasteiger partial charge in [0.2, 0.25) is 6.29 Å². The van der Waals surface area contributed by atoms with E-state index in [9.17, 15) is 14.0 Å². The van der Waals surface area contributed by atoms with E-state index < -0.39 is 34.6 Å². The van der Waals surface area contributed by atoms with Crippen LogP contribution >= 0.6 is 15.6 Å². The summed E-state index contributed by atoms with van der Waals surface area (Å²) >= 11 is 0. The molecule has 0 amide bonds. The summed E-state index contributed by atoms with van der Waals surface area (Å²) in [6, 6.07) is 4.56. The molecule has 11 nitrogen and oxygen atoms in total. The normalized spacial score (nSPS) is 26.6. The highest BCUT2D eigenvalue weighted by Gasteiger charge is 2.44. The van der Waals surface area contributed by atoms with Gasteiger partial charge in [-0.1, -0.05) is 0 Å². The molecule has 0 spiro atoms. The molecular weight excluding hydrogens is 394 g/mol. The van der Waals surface area contributed by atoms with Crippen LogP contribution in [0.5, 0.6) is 17.2 Å². The quantitative estimate of drug-likeness (QED) is 0.561. The average Bonchev–Trinajstić information content (AvgIpc) is 2.48. The summed E-state index contributed by atoms with van der Waals surface area (Å²) in [7, 11) is -8.05. The van der Waals surface area contributed by atoms with Crippen LogP contribution in [0, 0.1) is 0 Å². The van der Waals surface area contributed by atoms with Gasteiger partial charge < -0.3 is 28.9 Å². The minimum atomic E-state index is -5.01. The van der Waals surface area contributed by atoms with E-state index in [0.717, 1.165) is 0 Å². The van der Waals surface area contributed by atoms with Crippen molar-refractivity contribution in [1.29, 1.82) is 0 Å². The van der Waals surface area contributed by atoms with E-state index in [4.69, 9.17) is 24.0 Å². The Kier molecular flexibility index (Phi) is 6.70. The van der Waals surface area contributed by atoms with Gasteiger partial charge in [-0.05, 0) is 26.0 Å². The highest BCUT2D eigenvalue weighted by atomic mass is 31.2. The molecule has 1 fully saturated rings. The van der Waals surface area contributed by atoms with Crippen LogP contribution in [-0.4, -0.2) is 46.9 Å². The number of methoxy groups -OCH3 is 1. The Hall–Kier alpha value is -1.16. The van der Waals surface area contributed by atoms with Crippen LogP contribution in [0.3, 0.4) is 0 Å². The second-order valence-corrected chi connectivity index (χ2v) is 8.07. The first-order chi connectivity index (χ1) is 12.0. The lowest BCUT2D eigenvalue weighted by atomic mass is 10.2. The highest BCUT2D eigenvalue weighted by molar-refractivity contribution is 7.47. The van der Waals surface area contributed by atoms with Crippen LogP contribution in [-0.2, 0) is 22.7 Å². The Balaban J connectivity index is 2.21. The second kappa shape index (κ2) is 8.24. The lowest BCUT2D eigenvalue weighted by Gasteiger charge is -2.32. The Morgan fingerprint density at radius 1 is 1.31 bits per heavy atom. The van der Waals surface area contributed by atoms with Gasteiger partial charge in [0.1, 0.15) is 12.4 Å². The second-order valence-electron chi connectivity index (χ2n) is 5.47. The zero-order chi connectivity index (χ0) is 19.5. The summed E-state index contributed by atoms with van der Waals surface area (Å²) in [5.41, 5.74) is 0. The van der Waals surface area contributed by atoms with E-state index in [1.165, 1.54) is 19.2 Å². The van der Waals surface area contributed by atoms with Gasteiger partial charge in [0, 0.05) is 6.07 Å². The topological polar surface area (TPSA) is 150 Å². The number of benzene rings is 1. The molecule has 3 unspecified atom stereocenters. The molecule has 2 rings (SSSR count). The zero-order valence-corrected chi connectivity index (χ0v) is 16.0. The van der Waals surface area contributed by atoms with Crippen molar-refractivity contribution in [1.82, 2.24) is 0 Å². The van der Waals surface area contributed by atoms with Crippen molar-refractivity contribution in [3.8, 4) is 17.2 Å². The van der Waals surface area contributed by atoms with E-state index in [0.29, 0.717) is 11.5 Å². The maximum absolute atomic E-state index is 11.5. The Morgan fingerprint density at radius 3 is 2.58 bits per heavy atom. The molecular formula is C13H20O11P2. The van der Waals surface area contributed by atoms with Crippen LogP contribution in [0.25, 0.3) is 0 Å². The van der Waals surface area contributed by atoms with Crippen molar-refractivity contribution in [3.63, 3.8) is 0 Å². The van der Waals surface area contributed by atoms with E-state index in [-0.39, 0.29) is 11.9 Å². The molecule has 0 saturated carbocycles. The predicted molar refractivity (Wildman–Crippen MR) is 87.0 cm³/mol. The summed E-state index contributed by atoms with van der Waals surface area (Å²) in [6.07, 6.45) is -3.19. The summed E-state index contributed by atoms with van der Waals surface area (Å²) < 4.78 is 52.4. The van der Waals surface area contributed by atoms with Crippen LogP contribution in [0.15, 0.2) is 18.2 Å². The molecule has 26 heavy (non-hydrogen) atoms. The molecule has 0 radical (unpaired) electrons. The fourth-order valence-corrected chi connectivity index (χ4v) is 3.39. The lowest BCUT2D eigenvalue weighted by Crippen LogP contribution is -2.42. The largest absolute Gasteiger partial charge is 0.493 e. The molecule has 0 aromatic heterocycles. The molecule has 1 heterocycles. The van der Waals surface area contributed by atoms with Crippen molar-refractivity contribution in [2.24, 2.45) is 0 Å². The third-order valence-corrected chi connectivity index (χ3v) is 4.40. The smallest absolute Gasteiger partial charge is 0.474 e. The fourth-order valence-electron chi connectivity index (χ4n) is 2.04. The van der Waals surface area contributed by atoms with Crippen LogP contribution in [0.2, 0.25) is 0 Å². The number of rotatable bonds is 7. The van der Waals surface area contributed by atoms with E-state index >= 15 is 0 Å².